The van der Waals surface area contributed by atoms with Gasteiger partial charge in [0.15, 0.2) is 0 Å². The average molecular weight is 229 g/mol. The first-order chi connectivity index (χ1) is 8.31. The van der Waals surface area contributed by atoms with Gasteiger partial charge in [-0.1, -0.05) is 37.3 Å². The lowest BCUT2D eigenvalue weighted by Crippen LogP contribution is -2.24. The smallest absolute Gasteiger partial charge is 0.227 e. The standard InChI is InChI=1S/C15H19NO/c1-2-12-8-6-7-11-14(12)16-15(17)13-9-4-3-5-10-13/h3-4,6-8,11,13H,2,5,9-10H2,1H3,(H,16,17)/t13-/m0/s1. The van der Waals surface area contributed by atoms with Crippen molar-refractivity contribution in [3.8, 4) is 0 Å². The van der Waals surface area contributed by atoms with Crippen LogP contribution in [0.25, 0.3) is 0 Å². The van der Waals surface area contributed by atoms with E-state index in [1.54, 1.807) is 0 Å². The van der Waals surface area contributed by atoms with Crippen molar-refractivity contribution in [2.45, 2.75) is 32.6 Å². The van der Waals surface area contributed by atoms with Crippen LogP contribution in [0, 0.1) is 5.92 Å². The van der Waals surface area contributed by atoms with E-state index < -0.39 is 0 Å². The Balaban J connectivity index is 2.04. The molecule has 17 heavy (non-hydrogen) atoms. The van der Waals surface area contributed by atoms with Crippen LogP contribution in [0.1, 0.15) is 31.7 Å². The number of amides is 1. The molecule has 1 amide bonds. The Kier molecular flexibility index (Phi) is 3.97. The third kappa shape index (κ3) is 2.96. The summed E-state index contributed by atoms with van der Waals surface area (Å²) in [5, 5.41) is 3.06. The second kappa shape index (κ2) is 5.67. The molecule has 2 heteroatoms. The number of aryl methyl sites for hydroxylation is 1. The number of rotatable bonds is 3. The molecule has 1 aromatic rings. The van der Waals surface area contributed by atoms with E-state index in [4.69, 9.17) is 0 Å². The minimum atomic E-state index is 0.143. The van der Waals surface area contributed by atoms with Crippen LogP contribution in [-0.4, -0.2) is 5.91 Å². The van der Waals surface area contributed by atoms with Gasteiger partial charge >= 0.3 is 0 Å². The van der Waals surface area contributed by atoms with Crippen molar-refractivity contribution in [3.63, 3.8) is 0 Å². The molecule has 0 saturated carbocycles. The molecule has 1 N–H and O–H groups in total. The highest BCUT2D eigenvalue weighted by molar-refractivity contribution is 5.93. The van der Waals surface area contributed by atoms with Crippen LogP contribution in [0.5, 0.6) is 0 Å². The monoisotopic (exact) mass is 229 g/mol. The fourth-order valence-electron chi connectivity index (χ4n) is 2.22. The molecule has 2 nitrogen and oxygen atoms in total. The van der Waals surface area contributed by atoms with E-state index in [0.29, 0.717) is 0 Å². The minimum Gasteiger partial charge on any atom is -0.326 e. The van der Waals surface area contributed by atoms with E-state index in [2.05, 4.69) is 30.5 Å². The molecule has 0 aromatic heterocycles. The number of carbonyl (C=O) groups is 1. The summed E-state index contributed by atoms with van der Waals surface area (Å²) in [4.78, 5) is 12.1. The molecule has 0 bridgehead atoms. The molecule has 0 unspecified atom stereocenters. The zero-order valence-electron chi connectivity index (χ0n) is 10.3. The van der Waals surface area contributed by atoms with Gasteiger partial charge in [0.2, 0.25) is 5.91 Å². The number of carbonyl (C=O) groups excluding carboxylic acids is 1. The van der Waals surface area contributed by atoms with Gasteiger partial charge < -0.3 is 5.32 Å². The fraction of sp³-hybridized carbons (Fsp3) is 0.400. The normalized spacial score (nSPS) is 19.0. The van der Waals surface area contributed by atoms with Gasteiger partial charge in [0.1, 0.15) is 0 Å². The highest BCUT2D eigenvalue weighted by Crippen LogP contribution is 2.22. The lowest BCUT2D eigenvalue weighted by Gasteiger charge is -2.18. The summed E-state index contributed by atoms with van der Waals surface area (Å²) >= 11 is 0. The zero-order valence-corrected chi connectivity index (χ0v) is 10.3. The van der Waals surface area contributed by atoms with E-state index in [1.165, 1.54) is 5.56 Å². The average Bonchev–Trinajstić information content (AvgIpc) is 2.40. The number of hydrogen-bond acceptors (Lipinski definition) is 1. The predicted octanol–water partition coefficient (Wildman–Crippen LogP) is 3.54. The van der Waals surface area contributed by atoms with Crippen LogP contribution in [0.15, 0.2) is 36.4 Å². The first-order valence-electron chi connectivity index (χ1n) is 6.35. The molecule has 0 aliphatic heterocycles. The van der Waals surface area contributed by atoms with Crippen LogP contribution in [0.4, 0.5) is 5.69 Å². The Morgan fingerprint density at radius 3 is 2.88 bits per heavy atom. The number of nitrogens with one attached hydrogen (secondary N) is 1. The van der Waals surface area contributed by atoms with Crippen LogP contribution >= 0.6 is 0 Å². The largest absolute Gasteiger partial charge is 0.326 e. The van der Waals surface area contributed by atoms with Crippen LogP contribution in [0.2, 0.25) is 0 Å². The van der Waals surface area contributed by atoms with Gasteiger partial charge in [-0.2, -0.15) is 0 Å². The van der Waals surface area contributed by atoms with Gasteiger partial charge in [-0.3, -0.25) is 4.79 Å². The highest BCUT2D eigenvalue weighted by atomic mass is 16.1. The van der Waals surface area contributed by atoms with Gasteiger partial charge in [-0.25, -0.2) is 0 Å². The van der Waals surface area contributed by atoms with Crippen LogP contribution < -0.4 is 5.32 Å². The van der Waals surface area contributed by atoms with E-state index >= 15 is 0 Å². The van der Waals surface area contributed by atoms with Crippen molar-refractivity contribution >= 4 is 11.6 Å². The predicted molar refractivity (Wildman–Crippen MR) is 70.9 cm³/mol. The van der Waals surface area contributed by atoms with Crippen LogP contribution in [0.3, 0.4) is 0 Å². The molecule has 90 valence electrons. The maximum absolute atomic E-state index is 12.1. The Morgan fingerprint density at radius 2 is 2.18 bits per heavy atom. The summed E-state index contributed by atoms with van der Waals surface area (Å²) in [5.41, 5.74) is 2.17. The molecule has 0 heterocycles. The SMILES string of the molecule is CCc1ccccc1NC(=O)[C@H]1CC=CCC1. The van der Waals surface area contributed by atoms with E-state index in [-0.39, 0.29) is 11.8 Å². The first kappa shape index (κ1) is 11.9. The summed E-state index contributed by atoms with van der Waals surface area (Å²) in [6.07, 6.45) is 8.08. The molecule has 1 aliphatic rings. The van der Waals surface area contributed by atoms with Crippen LogP contribution in [-0.2, 0) is 11.2 Å². The van der Waals surface area contributed by atoms with Gasteiger partial charge in [-0.15, -0.1) is 0 Å². The molecule has 2 rings (SSSR count). The number of para-hydroxylation sites is 1. The molecule has 0 saturated heterocycles. The third-order valence-electron chi connectivity index (χ3n) is 3.30. The summed E-state index contributed by atoms with van der Waals surface area (Å²) in [6.45, 7) is 2.11. The lowest BCUT2D eigenvalue weighted by molar-refractivity contribution is -0.120. The zero-order chi connectivity index (χ0) is 12.1. The second-order valence-electron chi connectivity index (χ2n) is 4.48. The Bertz CT molecular complexity index is 423. The Morgan fingerprint density at radius 1 is 1.35 bits per heavy atom. The molecular formula is C15H19NO. The van der Waals surface area contributed by atoms with Crippen molar-refractivity contribution in [2.24, 2.45) is 5.92 Å². The molecule has 1 aliphatic carbocycles. The van der Waals surface area contributed by atoms with Crippen molar-refractivity contribution in [2.75, 3.05) is 5.32 Å². The van der Waals surface area contributed by atoms with Gasteiger partial charge in [-0.05, 0) is 37.3 Å². The Hall–Kier alpha value is -1.57. The summed E-state index contributed by atoms with van der Waals surface area (Å²) in [5.74, 6) is 0.306. The summed E-state index contributed by atoms with van der Waals surface area (Å²) in [7, 11) is 0. The fourth-order valence-corrected chi connectivity index (χ4v) is 2.22. The van der Waals surface area contributed by atoms with Crippen molar-refractivity contribution < 1.29 is 4.79 Å². The molecular weight excluding hydrogens is 210 g/mol. The lowest BCUT2D eigenvalue weighted by atomic mass is 9.93. The number of benzene rings is 1. The molecule has 1 atom stereocenters. The molecule has 0 fully saturated rings. The van der Waals surface area contributed by atoms with E-state index in [1.807, 2.05) is 18.2 Å². The molecule has 0 radical (unpaired) electrons. The quantitative estimate of drug-likeness (QED) is 0.789. The summed E-state index contributed by atoms with van der Waals surface area (Å²) in [6, 6.07) is 8.03. The first-order valence-corrected chi connectivity index (χ1v) is 6.35. The van der Waals surface area contributed by atoms with Gasteiger partial charge in [0.25, 0.3) is 0 Å². The van der Waals surface area contributed by atoms with Gasteiger partial charge in [0, 0.05) is 11.6 Å². The maximum Gasteiger partial charge on any atom is 0.227 e. The number of allylic oxidation sites excluding steroid dienone is 2. The number of hydrogen-bond donors (Lipinski definition) is 1. The highest BCUT2D eigenvalue weighted by Gasteiger charge is 2.19. The van der Waals surface area contributed by atoms with Crippen molar-refractivity contribution in [1.29, 1.82) is 0 Å². The second-order valence-corrected chi connectivity index (χ2v) is 4.48. The maximum atomic E-state index is 12.1. The summed E-state index contributed by atoms with van der Waals surface area (Å²) < 4.78 is 0. The third-order valence-corrected chi connectivity index (χ3v) is 3.30. The van der Waals surface area contributed by atoms with Crippen molar-refractivity contribution in [1.82, 2.24) is 0 Å². The van der Waals surface area contributed by atoms with Gasteiger partial charge in [0.05, 0.1) is 0 Å². The van der Waals surface area contributed by atoms with Crippen molar-refractivity contribution in [3.05, 3.63) is 42.0 Å². The van der Waals surface area contributed by atoms with E-state index in [0.717, 1.165) is 31.4 Å². The minimum absolute atomic E-state index is 0.143. The van der Waals surface area contributed by atoms with E-state index in [9.17, 15) is 4.79 Å². The molecule has 1 aromatic carbocycles. The molecule has 0 spiro atoms. The number of anilines is 1. The topological polar surface area (TPSA) is 29.1 Å². The Labute approximate surface area is 103 Å².